The summed E-state index contributed by atoms with van der Waals surface area (Å²) in [5, 5.41) is 10.3. The van der Waals surface area contributed by atoms with Crippen molar-refractivity contribution in [3.8, 4) is 6.07 Å². The van der Waals surface area contributed by atoms with Crippen LogP contribution in [0.25, 0.3) is 10.9 Å². The average molecular weight is 407 g/mol. The number of fused-ring (bicyclic) bond motifs is 1. The number of carbonyl (C=O) groups excluding carboxylic acids is 1. The summed E-state index contributed by atoms with van der Waals surface area (Å²) in [6.45, 7) is 8.66. The minimum Gasteiger partial charge on any atom is -0.370 e. The van der Waals surface area contributed by atoms with Crippen LogP contribution in [0, 0.1) is 23.2 Å². The first kappa shape index (κ1) is 20.7. The van der Waals surface area contributed by atoms with E-state index in [2.05, 4.69) is 44.7 Å². The van der Waals surface area contributed by atoms with Gasteiger partial charge in [-0.2, -0.15) is 5.26 Å². The highest BCUT2D eigenvalue weighted by Crippen LogP contribution is 2.33. The van der Waals surface area contributed by atoms with E-state index in [1.165, 1.54) is 6.33 Å². The van der Waals surface area contributed by atoms with E-state index in [9.17, 15) is 10.1 Å². The van der Waals surface area contributed by atoms with Gasteiger partial charge >= 0.3 is 0 Å². The molecule has 158 valence electrons. The third-order valence-corrected chi connectivity index (χ3v) is 6.37. The number of hydrogen-bond acceptors (Lipinski definition) is 7. The first-order valence-electron chi connectivity index (χ1n) is 10.8. The molecule has 0 N–H and O–H groups in total. The average Bonchev–Trinajstić information content (AvgIpc) is 2.74. The van der Waals surface area contributed by atoms with E-state index in [0.29, 0.717) is 41.7 Å². The van der Waals surface area contributed by atoms with Crippen molar-refractivity contribution < 1.29 is 4.79 Å². The molecule has 7 nitrogen and oxygen atoms in total. The molecule has 2 aliphatic rings. The van der Waals surface area contributed by atoms with E-state index < -0.39 is 0 Å². The van der Waals surface area contributed by atoms with E-state index >= 15 is 0 Å². The fourth-order valence-corrected chi connectivity index (χ4v) is 4.90. The van der Waals surface area contributed by atoms with Crippen molar-refractivity contribution in [2.45, 2.75) is 19.8 Å². The molecule has 30 heavy (non-hydrogen) atoms. The van der Waals surface area contributed by atoms with Crippen LogP contribution in [-0.4, -0.2) is 78.4 Å². The zero-order valence-corrected chi connectivity index (χ0v) is 17.9. The van der Waals surface area contributed by atoms with Gasteiger partial charge in [0.15, 0.2) is 0 Å². The van der Waals surface area contributed by atoms with Gasteiger partial charge in [0, 0.05) is 63.0 Å². The quantitative estimate of drug-likeness (QED) is 0.753. The van der Waals surface area contributed by atoms with Crippen molar-refractivity contribution in [1.82, 2.24) is 19.8 Å². The van der Waals surface area contributed by atoms with Crippen LogP contribution in [0.3, 0.4) is 0 Å². The number of piperidine rings is 1. The summed E-state index contributed by atoms with van der Waals surface area (Å²) in [5.74, 6) is 1.21. The fraction of sp³-hybridized carbons (Fsp3) is 0.565. The third kappa shape index (κ3) is 4.61. The number of piperazine rings is 1. The van der Waals surface area contributed by atoms with Gasteiger partial charge in [-0.1, -0.05) is 6.92 Å². The molecule has 2 fully saturated rings. The minimum atomic E-state index is 0.351. The number of rotatable bonds is 5. The van der Waals surface area contributed by atoms with Crippen LogP contribution in [0.1, 0.15) is 25.3 Å². The molecule has 1 aromatic carbocycles. The maximum atomic E-state index is 12.8. The van der Waals surface area contributed by atoms with Gasteiger partial charge in [-0.3, -0.25) is 9.69 Å². The molecule has 3 heterocycles. The second-order valence-corrected chi connectivity index (χ2v) is 8.96. The molecular formula is C23H30N6O. The number of nitrogens with zero attached hydrogens (tertiary/aromatic N) is 6. The highest BCUT2D eigenvalue weighted by Gasteiger charge is 2.28. The molecule has 2 saturated heterocycles. The molecule has 1 aromatic heterocycles. The second-order valence-electron chi connectivity index (χ2n) is 8.96. The largest absolute Gasteiger partial charge is 0.370 e. The van der Waals surface area contributed by atoms with Crippen LogP contribution in [0.2, 0.25) is 0 Å². The van der Waals surface area contributed by atoms with Crippen molar-refractivity contribution in [3.63, 3.8) is 0 Å². The monoisotopic (exact) mass is 406 g/mol. The molecule has 0 bridgehead atoms. The molecule has 0 radical (unpaired) electrons. The summed E-state index contributed by atoms with van der Waals surface area (Å²) in [4.78, 5) is 28.3. The van der Waals surface area contributed by atoms with Crippen molar-refractivity contribution in [2.75, 3.05) is 57.8 Å². The SMILES string of the molecule is C[C@H]1C[C@@H](CC(=O)CN2CCN(C)CC2)CN(c2ccc(C#N)c3ncncc23)C1. The Balaban J connectivity index is 1.46. The molecule has 0 unspecified atom stereocenters. The summed E-state index contributed by atoms with van der Waals surface area (Å²) in [6, 6.07) is 6.07. The number of nitriles is 1. The van der Waals surface area contributed by atoms with Crippen molar-refractivity contribution >= 4 is 22.4 Å². The number of likely N-dealkylation sites (N-methyl/N-ethyl adjacent to an activating group) is 1. The summed E-state index contributed by atoms with van der Waals surface area (Å²) in [7, 11) is 2.13. The smallest absolute Gasteiger partial charge is 0.147 e. The number of anilines is 1. The normalized spacial score (nSPS) is 23.4. The van der Waals surface area contributed by atoms with Crippen molar-refractivity contribution in [3.05, 3.63) is 30.2 Å². The summed E-state index contributed by atoms with van der Waals surface area (Å²) >= 11 is 0. The van der Waals surface area contributed by atoms with Gasteiger partial charge < -0.3 is 9.80 Å². The zero-order valence-electron chi connectivity index (χ0n) is 17.9. The van der Waals surface area contributed by atoms with Gasteiger partial charge in [-0.15, -0.1) is 0 Å². The Labute approximate surface area is 178 Å². The lowest BCUT2D eigenvalue weighted by Gasteiger charge is -2.38. The van der Waals surface area contributed by atoms with E-state index in [-0.39, 0.29) is 0 Å². The standard InChI is InChI=1S/C23H30N6O/c1-17-9-18(10-20(30)15-28-7-5-27(2)6-8-28)14-29(13-17)22-4-3-19(11-24)23-21(22)12-25-16-26-23/h3-4,12,16-18H,5-10,13-15H2,1-2H3/t17-,18-/m0/s1. The van der Waals surface area contributed by atoms with Crippen LogP contribution in [-0.2, 0) is 4.79 Å². The first-order chi connectivity index (χ1) is 14.5. The van der Waals surface area contributed by atoms with Gasteiger partial charge in [0.1, 0.15) is 18.2 Å². The van der Waals surface area contributed by atoms with E-state index in [4.69, 9.17) is 0 Å². The van der Waals surface area contributed by atoms with Crippen LogP contribution >= 0.6 is 0 Å². The molecule has 7 heteroatoms. The van der Waals surface area contributed by atoms with E-state index in [1.54, 1.807) is 6.20 Å². The Hall–Kier alpha value is -2.56. The van der Waals surface area contributed by atoms with Gasteiger partial charge in [0.2, 0.25) is 0 Å². The maximum Gasteiger partial charge on any atom is 0.147 e. The highest BCUT2D eigenvalue weighted by molar-refractivity contribution is 5.94. The first-order valence-corrected chi connectivity index (χ1v) is 10.8. The molecule has 0 spiro atoms. The lowest BCUT2D eigenvalue weighted by atomic mass is 9.86. The van der Waals surface area contributed by atoms with Crippen LogP contribution < -0.4 is 4.90 Å². The lowest BCUT2D eigenvalue weighted by Crippen LogP contribution is -2.47. The van der Waals surface area contributed by atoms with Crippen LogP contribution in [0.5, 0.6) is 0 Å². The number of benzene rings is 1. The number of ketones is 1. The molecule has 0 aliphatic carbocycles. The third-order valence-electron chi connectivity index (χ3n) is 6.37. The second kappa shape index (κ2) is 9.07. The minimum absolute atomic E-state index is 0.351. The zero-order chi connectivity index (χ0) is 21.1. The van der Waals surface area contributed by atoms with Crippen molar-refractivity contribution in [2.24, 2.45) is 11.8 Å². The fourth-order valence-electron chi connectivity index (χ4n) is 4.90. The topological polar surface area (TPSA) is 76.4 Å². The van der Waals surface area contributed by atoms with Crippen LogP contribution in [0.15, 0.2) is 24.7 Å². The molecule has 0 amide bonds. The van der Waals surface area contributed by atoms with E-state index in [0.717, 1.165) is 56.8 Å². The molecule has 0 saturated carbocycles. The number of hydrogen-bond donors (Lipinski definition) is 0. The van der Waals surface area contributed by atoms with Gasteiger partial charge in [-0.05, 0) is 37.4 Å². The lowest BCUT2D eigenvalue weighted by molar-refractivity contribution is -0.121. The predicted octanol–water partition coefficient (Wildman–Crippen LogP) is 2.17. The summed E-state index contributed by atoms with van der Waals surface area (Å²) in [6.07, 6.45) is 5.00. The molecule has 2 atom stereocenters. The summed E-state index contributed by atoms with van der Waals surface area (Å²) in [5.41, 5.74) is 2.33. The Bertz CT molecular complexity index is 946. The Morgan fingerprint density at radius 2 is 2.03 bits per heavy atom. The Morgan fingerprint density at radius 1 is 1.23 bits per heavy atom. The van der Waals surface area contributed by atoms with E-state index in [1.807, 2.05) is 12.1 Å². The summed E-state index contributed by atoms with van der Waals surface area (Å²) < 4.78 is 0. The van der Waals surface area contributed by atoms with Gasteiger partial charge in [0.05, 0.1) is 17.6 Å². The Morgan fingerprint density at radius 3 is 2.80 bits per heavy atom. The van der Waals surface area contributed by atoms with Crippen LogP contribution in [0.4, 0.5) is 5.69 Å². The number of Topliss-reactive ketones (excluding diaryl/α,β-unsaturated/α-hetero) is 1. The highest BCUT2D eigenvalue weighted by atomic mass is 16.1. The predicted molar refractivity (Wildman–Crippen MR) is 117 cm³/mol. The van der Waals surface area contributed by atoms with Gasteiger partial charge in [-0.25, -0.2) is 9.97 Å². The molecule has 2 aromatic rings. The van der Waals surface area contributed by atoms with Crippen molar-refractivity contribution in [1.29, 1.82) is 5.26 Å². The Kier molecular flexibility index (Phi) is 6.26. The number of carbonyl (C=O) groups is 1. The molecule has 4 rings (SSSR count). The number of aromatic nitrogens is 2. The maximum absolute atomic E-state index is 12.8. The molecular weight excluding hydrogens is 376 g/mol. The van der Waals surface area contributed by atoms with Gasteiger partial charge in [0.25, 0.3) is 0 Å². The molecule has 2 aliphatic heterocycles.